The van der Waals surface area contributed by atoms with Gasteiger partial charge in [-0.15, -0.1) is 0 Å². The predicted molar refractivity (Wildman–Crippen MR) is 109 cm³/mol. The number of nitrogens with zero attached hydrogens (tertiary/aromatic N) is 1. The molecule has 0 saturated carbocycles. The Balaban J connectivity index is 1.86. The number of carbonyl (C=O) groups is 1. The van der Waals surface area contributed by atoms with Gasteiger partial charge in [0.2, 0.25) is 21.5 Å². The molecule has 0 bridgehead atoms. The summed E-state index contributed by atoms with van der Waals surface area (Å²) in [5.74, 6) is 0.0187. The van der Waals surface area contributed by atoms with E-state index in [1.54, 1.807) is 17.0 Å². The molecule has 2 heterocycles. The van der Waals surface area contributed by atoms with Crippen LogP contribution in [0.25, 0.3) is 10.9 Å². The molecule has 2 N–H and O–H groups in total. The lowest BCUT2D eigenvalue weighted by Crippen LogP contribution is -2.50. The molecular weight excluding hydrogens is 378 g/mol. The maximum Gasteiger partial charge on any atom is 0.248 e. The van der Waals surface area contributed by atoms with E-state index >= 15 is 0 Å². The smallest absolute Gasteiger partial charge is 0.248 e. The predicted octanol–water partition coefficient (Wildman–Crippen LogP) is 2.23. The van der Waals surface area contributed by atoms with Gasteiger partial charge in [-0.2, -0.15) is 4.72 Å². The second-order valence-electron chi connectivity index (χ2n) is 7.76. The molecule has 0 aliphatic carbocycles. The molecule has 3 rings (SSSR count). The average molecular weight is 406 g/mol. The molecule has 28 heavy (non-hydrogen) atoms. The number of H-pyrrole nitrogens is 1. The molecule has 1 amide bonds. The molecular formula is C20H27N3O4S. The molecule has 1 aromatic heterocycles. The third-order valence-electron chi connectivity index (χ3n) is 4.98. The van der Waals surface area contributed by atoms with Gasteiger partial charge in [-0.05, 0) is 61.3 Å². The minimum absolute atomic E-state index is 0.0762. The fraction of sp³-hybridized carbons (Fsp3) is 0.500. The lowest BCUT2D eigenvalue weighted by Gasteiger charge is -2.31. The molecule has 8 heteroatoms. The zero-order chi connectivity index (χ0) is 20.3. The first-order chi connectivity index (χ1) is 13.3. The van der Waals surface area contributed by atoms with E-state index in [4.69, 9.17) is 0 Å². The van der Waals surface area contributed by atoms with E-state index in [1.807, 2.05) is 13.8 Å². The van der Waals surface area contributed by atoms with Crippen molar-refractivity contribution < 1.29 is 13.2 Å². The van der Waals surface area contributed by atoms with E-state index in [0.717, 1.165) is 19.3 Å². The van der Waals surface area contributed by atoms with Crippen molar-refractivity contribution in [3.8, 4) is 0 Å². The average Bonchev–Trinajstić information content (AvgIpc) is 2.66. The number of carbonyl (C=O) groups excluding carboxylic acids is 1. The number of hydrogen-bond acceptors (Lipinski definition) is 4. The van der Waals surface area contributed by atoms with Gasteiger partial charge in [0.1, 0.15) is 6.04 Å². The molecule has 1 atom stereocenters. The summed E-state index contributed by atoms with van der Waals surface area (Å²) in [7, 11) is -3.88. The number of piperidine rings is 1. The third-order valence-corrected chi connectivity index (χ3v) is 6.45. The van der Waals surface area contributed by atoms with Crippen molar-refractivity contribution in [1.82, 2.24) is 14.6 Å². The van der Waals surface area contributed by atoms with E-state index in [-0.39, 0.29) is 22.3 Å². The van der Waals surface area contributed by atoms with Crippen LogP contribution in [0.1, 0.15) is 39.5 Å². The summed E-state index contributed by atoms with van der Waals surface area (Å²) in [6, 6.07) is 6.67. The Morgan fingerprint density at radius 3 is 2.54 bits per heavy atom. The van der Waals surface area contributed by atoms with Crippen LogP contribution >= 0.6 is 0 Å². The van der Waals surface area contributed by atoms with Crippen LogP contribution in [0.15, 0.2) is 40.0 Å². The molecule has 1 aliphatic rings. The Labute approximate surface area is 165 Å². The van der Waals surface area contributed by atoms with Gasteiger partial charge < -0.3 is 9.88 Å². The van der Waals surface area contributed by atoms with Crippen molar-refractivity contribution >= 4 is 26.8 Å². The highest BCUT2D eigenvalue weighted by Gasteiger charge is 2.30. The van der Waals surface area contributed by atoms with Crippen LogP contribution < -0.4 is 10.3 Å². The van der Waals surface area contributed by atoms with Gasteiger partial charge in [0.25, 0.3) is 0 Å². The van der Waals surface area contributed by atoms with Crippen molar-refractivity contribution in [2.75, 3.05) is 13.1 Å². The van der Waals surface area contributed by atoms with Gasteiger partial charge in [-0.3, -0.25) is 9.59 Å². The quantitative estimate of drug-likeness (QED) is 0.770. The highest BCUT2D eigenvalue weighted by atomic mass is 32.2. The Morgan fingerprint density at radius 2 is 1.86 bits per heavy atom. The molecule has 1 aliphatic heterocycles. The molecule has 152 valence electrons. The van der Waals surface area contributed by atoms with Crippen molar-refractivity contribution in [3.05, 3.63) is 40.7 Å². The second-order valence-corrected chi connectivity index (χ2v) is 9.47. The summed E-state index contributed by atoms with van der Waals surface area (Å²) in [6.45, 7) is 5.30. The van der Waals surface area contributed by atoms with Gasteiger partial charge >= 0.3 is 0 Å². The van der Waals surface area contributed by atoms with Crippen LogP contribution in [0.2, 0.25) is 0 Å². The minimum atomic E-state index is -3.88. The zero-order valence-corrected chi connectivity index (χ0v) is 17.1. The number of aromatic amines is 1. The lowest BCUT2D eigenvalue weighted by atomic mass is 10.0. The normalized spacial score (nSPS) is 16.5. The first-order valence-corrected chi connectivity index (χ1v) is 11.2. The second kappa shape index (κ2) is 8.45. The number of sulfonamides is 1. The number of fused-ring (bicyclic) bond motifs is 1. The van der Waals surface area contributed by atoms with Gasteiger partial charge in [0, 0.05) is 24.7 Å². The summed E-state index contributed by atoms with van der Waals surface area (Å²) in [5, 5.41) is 0.616. The molecule has 0 spiro atoms. The van der Waals surface area contributed by atoms with E-state index in [0.29, 0.717) is 30.4 Å². The summed E-state index contributed by atoms with van der Waals surface area (Å²) in [6.07, 6.45) is 3.45. The van der Waals surface area contributed by atoms with E-state index < -0.39 is 16.1 Å². The maximum absolute atomic E-state index is 13.0. The van der Waals surface area contributed by atoms with Crippen LogP contribution in [0.4, 0.5) is 0 Å². The summed E-state index contributed by atoms with van der Waals surface area (Å²) in [5.41, 5.74) is 0.319. The van der Waals surface area contributed by atoms with Crippen molar-refractivity contribution in [1.29, 1.82) is 0 Å². The van der Waals surface area contributed by atoms with Crippen molar-refractivity contribution in [3.63, 3.8) is 0 Å². The van der Waals surface area contributed by atoms with Crippen LogP contribution in [0, 0.1) is 5.92 Å². The number of rotatable bonds is 6. The maximum atomic E-state index is 13.0. The standard InChI is InChI=1S/C20H27N3O4S/c1-14(2)12-18(20(25)23-10-4-3-5-11-23)22-28(26,27)16-7-8-17-15(13-16)6-9-19(24)21-17/h6-9,13-14,18,22H,3-5,10-12H2,1-2H3,(H,21,24). The number of aromatic nitrogens is 1. The Morgan fingerprint density at radius 1 is 1.14 bits per heavy atom. The van der Waals surface area contributed by atoms with Crippen molar-refractivity contribution in [2.24, 2.45) is 5.92 Å². The number of amides is 1. The third kappa shape index (κ3) is 4.80. The molecule has 1 saturated heterocycles. The SMILES string of the molecule is CC(C)CC(NS(=O)(=O)c1ccc2[nH]c(=O)ccc2c1)C(=O)N1CCCCC1. The van der Waals surface area contributed by atoms with Crippen LogP contribution in [0.5, 0.6) is 0 Å². The summed E-state index contributed by atoms with van der Waals surface area (Å²) in [4.78, 5) is 28.9. The first kappa shape index (κ1) is 20.5. The lowest BCUT2D eigenvalue weighted by molar-refractivity contribution is -0.134. The highest BCUT2D eigenvalue weighted by Crippen LogP contribution is 2.19. The zero-order valence-electron chi connectivity index (χ0n) is 16.3. The molecule has 1 aromatic carbocycles. The van der Waals surface area contributed by atoms with Gasteiger partial charge in [-0.25, -0.2) is 8.42 Å². The number of likely N-dealkylation sites (tertiary alicyclic amines) is 1. The van der Waals surface area contributed by atoms with Gasteiger partial charge in [0.05, 0.1) is 4.90 Å². The molecule has 1 unspecified atom stereocenters. The Hall–Kier alpha value is -2.19. The monoisotopic (exact) mass is 405 g/mol. The fourth-order valence-corrected chi connectivity index (χ4v) is 4.80. The Bertz CT molecular complexity index is 1010. The summed E-state index contributed by atoms with van der Waals surface area (Å²) < 4.78 is 28.6. The largest absolute Gasteiger partial charge is 0.341 e. The number of hydrogen-bond donors (Lipinski definition) is 2. The fourth-order valence-electron chi connectivity index (χ4n) is 3.56. The van der Waals surface area contributed by atoms with Crippen molar-refractivity contribution in [2.45, 2.75) is 50.5 Å². The first-order valence-electron chi connectivity index (χ1n) is 9.70. The molecule has 1 fully saturated rings. The van der Waals surface area contributed by atoms with Gasteiger partial charge in [-0.1, -0.05) is 13.8 Å². The number of benzene rings is 1. The number of nitrogens with one attached hydrogen (secondary N) is 2. The molecule has 7 nitrogen and oxygen atoms in total. The van der Waals surface area contributed by atoms with Gasteiger partial charge in [0.15, 0.2) is 0 Å². The topological polar surface area (TPSA) is 99.3 Å². The van der Waals surface area contributed by atoms with Crippen LogP contribution in [-0.2, 0) is 14.8 Å². The molecule has 0 radical (unpaired) electrons. The van der Waals surface area contributed by atoms with Crippen LogP contribution in [0.3, 0.4) is 0 Å². The summed E-state index contributed by atoms with van der Waals surface area (Å²) >= 11 is 0. The number of pyridine rings is 1. The van der Waals surface area contributed by atoms with E-state index in [1.165, 1.54) is 18.2 Å². The van der Waals surface area contributed by atoms with Crippen LogP contribution in [-0.4, -0.2) is 43.3 Å². The minimum Gasteiger partial charge on any atom is -0.341 e. The van der Waals surface area contributed by atoms with E-state index in [2.05, 4.69) is 9.71 Å². The Kier molecular flexibility index (Phi) is 6.20. The highest BCUT2D eigenvalue weighted by molar-refractivity contribution is 7.89. The van der Waals surface area contributed by atoms with E-state index in [9.17, 15) is 18.0 Å². The molecule has 2 aromatic rings.